The SMILES string of the molecule is CCCNCc1ccccc1SC1CCCC1. The highest BCUT2D eigenvalue weighted by Crippen LogP contribution is 2.36. The van der Waals surface area contributed by atoms with Gasteiger partial charge in [0, 0.05) is 16.7 Å². The van der Waals surface area contributed by atoms with Gasteiger partial charge in [-0.3, -0.25) is 0 Å². The van der Waals surface area contributed by atoms with E-state index in [-0.39, 0.29) is 0 Å². The summed E-state index contributed by atoms with van der Waals surface area (Å²) in [7, 11) is 0. The monoisotopic (exact) mass is 249 g/mol. The molecule has 1 aliphatic rings. The molecule has 1 saturated carbocycles. The van der Waals surface area contributed by atoms with Gasteiger partial charge in [0.15, 0.2) is 0 Å². The summed E-state index contributed by atoms with van der Waals surface area (Å²) < 4.78 is 0. The van der Waals surface area contributed by atoms with Crippen molar-refractivity contribution in [3.05, 3.63) is 29.8 Å². The van der Waals surface area contributed by atoms with Crippen LogP contribution in [0.5, 0.6) is 0 Å². The minimum absolute atomic E-state index is 0.863. The van der Waals surface area contributed by atoms with E-state index in [9.17, 15) is 0 Å². The second-order valence-corrected chi connectivity index (χ2v) is 6.15. The molecule has 17 heavy (non-hydrogen) atoms. The quantitative estimate of drug-likeness (QED) is 0.758. The van der Waals surface area contributed by atoms with Gasteiger partial charge >= 0.3 is 0 Å². The second kappa shape index (κ2) is 7.07. The smallest absolute Gasteiger partial charge is 0.0216 e. The summed E-state index contributed by atoms with van der Waals surface area (Å²) in [4.78, 5) is 1.49. The van der Waals surface area contributed by atoms with Crippen molar-refractivity contribution >= 4 is 11.8 Å². The van der Waals surface area contributed by atoms with E-state index < -0.39 is 0 Å². The van der Waals surface area contributed by atoms with Gasteiger partial charge in [-0.15, -0.1) is 11.8 Å². The normalized spacial score (nSPS) is 16.5. The molecular weight excluding hydrogens is 226 g/mol. The highest BCUT2D eigenvalue weighted by molar-refractivity contribution is 8.00. The molecule has 0 spiro atoms. The maximum absolute atomic E-state index is 3.50. The molecule has 0 saturated heterocycles. The van der Waals surface area contributed by atoms with E-state index in [0.29, 0.717) is 0 Å². The number of hydrogen-bond donors (Lipinski definition) is 1. The van der Waals surface area contributed by atoms with Crippen molar-refractivity contribution in [3.8, 4) is 0 Å². The zero-order valence-corrected chi connectivity index (χ0v) is 11.6. The average Bonchev–Trinajstić information content (AvgIpc) is 2.84. The second-order valence-electron chi connectivity index (χ2n) is 4.81. The van der Waals surface area contributed by atoms with E-state index in [2.05, 4.69) is 48.3 Å². The number of hydrogen-bond acceptors (Lipinski definition) is 2. The van der Waals surface area contributed by atoms with Crippen LogP contribution in [-0.4, -0.2) is 11.8 Å². The Morgan fingerprint density at radius 2 is 2.00 bits per heavy atom. The number of thioether (sulfide) groups is 1. The molecule has 2 rings (SSSR count). The Hall–Kier alpha value is -0.470. The molecule has 1 nitrogen and oxygen atoms in total. The molecule has 0 aliphatic heterocycles. The van der Waals surface area contributed by atoms with Crippen LogP contribution in [0.2, 0.25) is 0 Å². The predicted octanol–water partition coefficient (Wildman–Crippen LogP) is 4.22. The maximum Gasteiger partial charge on any atom is 0.0216 e. The van der Waals surface area contributed by atoms with Crippen molar-refractivity contribution in [3.63, 3.8) is 0 Å². The summed E-state index contributed by atoms with van der Waals surface area (Å²) in [6.07, 6.45) is 6.86. The van der Waals surface area contributed by atoms with Crippen molar-refractivity contribution in [1.29, 1.82) is 0 Å². The average molecular weight is 249 g/mol. The third kappa shape index (κ3) is 4.04. The van der Waals surface area contributed by atoms with Crippen molar-refractivity contribution in [2.75, 3.05) is 6.54 Å². The van der Waals surface area contributed by atoms with Crippen molar-refractivity contribution < 1.29 is 0 Å². The number of rotatable bonds is 6. The molecular formula is C15H23NS. The zero-order valence-electron chi connectivity index (χ0n) is 10.7. The Kier molecular flexibility index (Phi) is 5.40. The zero-order chi connectivity index (χ0) is 11.9. The highest BCUT2D eigenvalue weighted by atomic mass is 32.2. The summed E-state index contributed by atoms with van der Waals surface area (Å²) in [6.45, 7) is 4.35. The third-order valence-corrected chi connectivity index (χ3v) is 4.77. The van der Waals surface area contributed by atoms with Crippen LogP contribution in [-0.2, 0) is 6.54 Å². The number of nitrogens with one attached hydrogen (secondary N) is 1. The van der Waals surface area contributed by atoms with Gasteiger partial charge in [-0.05, 0) is 37.4 Å². The first-order chi connectivity index (χ1) is 8.40. The summed E-state index contributed by atoms with van der Waals surface area (Å²) in [5, 5.41) is 4.37. The molecule has 1 fully saturated rings. The molecule has 0 heterocycles. The van der Waals surface area contributed by atoms with Crippen LogP contribution in [0.4, 0.5) is 0 Å². The van der Waals surface area contributed by atoms with Gasteiger partial charge in [-0.25, -0.2) is 0 Å². The van der Waals surface area contributed by atoms with Crippen LogP contribution in [0.15, 0.2) is 29.2 Å². The summed E-state index contributed by atoms with van der Waals surface area (Å²) in [6, 6.07) is 8.87. The Bertz CT molecular complexity index is 331. The molecule has 0 unspecified atom stereocenters. The molecule has 1 aromatic rings. The van der Waals surface area contributed by atoms with E-state index >= 15 is 0 Å². The first-order valence-electron chi connectivity index (χ1n) is 6.85. The van der Waals surface area contributed by atoms with Gasteiger partial charge in [0.25, 0.3) is 0 Å². The van der Waals surface area contributed by atoms with Crippen molar-refractivity contribution in [2.24, 2.45) is 0 Å². The fourth-order valence-electron chi connectivity index (χ4n) is 2.35. The Balaban J connectivity index is 1.94. The minimum Gasteiger partial charge on any atom is -0.313 e. The molecule has 2 heteroatoms. The van der Waals surface area contributed by atoms with Crippen LogP contribution in [0, 0.1) is 0 Å². The molecule has 0 radical (unpaired) electrons. The minimum atomic E-state index is 0.863. The van der Waals surface area contributed by atoms with E-state index in [1.54, 1.807) is 0 Å². The molecule has 0 bridgehead atoms. The summed E-state index contributed by atoms with van der Waals surface area (Å²) in [5.74, 6) is 0. The standard InChI is InChI=1S/C15H23NS/c1-2-11-16-12-13-7-3-6-10-15(13)17-14-8-4-5-9-14/h3,6-7,10,14,16H,2,4-5,8-9,11-12H2,1H3. The molecule has 1 N–H and O–H groups in total. The molecule has 1 aliphatic carbocycles. The fourth-order valence-corrected chi connectivity index (χ4v) is 3.73. The van der Waals surface area contributed by atoms with Crippen LogP contribution in [0.3, 0.4) is 0 Å². The maximum atomic E-state index is 3.50. The largest absolute Gasteiger partial charge is 0.313 e. The van der Waals surface area contributed by atoms with E-state index in [1.165, 1.54) is 42.6 Å². The lowest BCUT2D eigenvalue weighted by Crippen LogP contribution is -2.14. The van der Waals surface area contributed by atoms with Crippen molar-refractivity contribution in [1.82, 2.24) is 5.32 Å². The Morgan fingerprint density at radius 3 is 2.76 bits per heavy atom. The first kappa shape index (κ1) is 13.0. The molecule has 0 atom stereocenters. The third-order valence-electron chi connectivity index (χ3n) is 3.31. The van der Waals surface area contributed by atoms with Crippen LogP contribution in [0.25, 0.3) is 0 Å². The van der Waals surface area contributed by atoms with Crippen LogP contribution >= 0.6 is 11.8 Å². The van der Waals surface area contributed by atoms with Crippen molar-refractivity contribution in [2.45, 2.75) is 55.7 Å². The van der Waals surface area contributed by atoms with Gasteiger partial charge in [-0.2, -0.15) is 0 Å². The fraction of sp³-hybridized carbons (Fsp3) is 0.600. The topological polar surface area (TPSA) is 12.0 Å². The molecule has 1 aromatic carbocycles. The van der Waals surface area contributed by atoms with E-state index in [0.717, 1.165) is 18.3 Å². The molecule has 0 amide bonds. The van der Waals surface area contributed by atoms with Gasteiger partial charge in [0.05, 0.1) is 0 Å². The first-order valence-corrected chi connectivity index (χ1v) is 7.73. The lowest BCUT2D eigenvalue weighted by molar-refractivity contribution is 0.669. The summed E-state index contributed by atoms with van der Waals surface area (Å²) in [5.41, 5.74) is 1.47. The number of benzene rings is 1. The van der Waals surface area contributed by atoms with Gasteiger partial charge in [0.2, 0.25) is 0 Å². The van der Waals surface area contributed by atoms with E-state index in [1.807, 2.05) is 0 Å². The Labute approximate surface area is 109 Å². The van der Waals surface area contributed by atoms with Crippen LogP contribution < -0.4 is 5.32 Å². The predicted molar refractivity (Wildman–Crippen MR) is 76.6 cm³/mol. The van der Waals surface area contributed by atoms with Gasteiger partial charge in [0.1, 0.15) is 0 Å². The Morgan fingerprint density at radius 1 is 1.24 bits per heavy atom. The van der Waals surface area contributed by atoms with Crippen LogP contribution in [0.1, 0.15) is 44.6 Å². The lowest BCUT2D eigenvalue weighted by atomic mass is 10.2. The van der Waals surface area contributed by atoms with Gasteiger partial charge in [-0.1, -0.05) is 38.0 Å². The lowest BCUT2D eigenvalue weighted by Gasteiger charge is -2.13. The highest BCUT2D eigenvalue weighted by Gasteiger charge is 2.17. The van der Waals surface area contributed by atoms with Gasteiger partial charge < -0.3 is 5.32 Å². The van der Waals surface area contributed by atoms with E-state index in [4.69, 9.17) is 0 Å². The summed E-state index contributed by atoms with van der Waals surface area (Å²) >= 11 is 2.10. The molecule has 0 aromatic heterocycles. The molecule has 94 valence electrons.